The van der Waals surface area contributed by atoms with Crippen LogP contribution in [0.15, 0.2) is 35.3 Å². The first-order valence-electron chi connectivity index (χ1n) is 8.55. The molecule has 0 spiro atoms. The molecule has 0 bridgehead atoms. The lowest BCUT2D eigenvalue weighted by atomic mass is 9.81. The van der Waals surface area contributed by atoms with Gasteiger partial charge in [0.2, 0.25) is 0 Å². The van der Waals surface area contributed by atoms with Crippen molar-refractivity contribution < 1.29 is 26.8 Å². The van der Waals surface area contributed by atoms with Crippen molar-refractivity contribution in [3.8, 4) is 0 Å². The van der Waals surface area contributed by atoms with E-state index >= 15 is 0 Å². The van der Waals surface area contributed by atoms with Gasteiger partial charge in [-0.05, 0) is 18.6 Å². The van der Waals surface area contributed by atoms with Crippen LogP contribution in [0.2, 0.25) is 19.6 Å². The molecule has 1 aromatic rings. The van der Waals surface area contributed by atoms with Gasteiger partial charge in [0.05, 0.1) is 20.2 Å². The van der Waals surface area contributed by atoms with Gasteiger partial charge in [-0.2, -0.15) is 13.2 Å². The molecule has 0 radical (unpaired) electrons. The van der Waals surface area contributed by atoms with E-state index in [9.17, 15) is 17.7 Å². The standard InChI is InChI=1S/C18H26F3O3PSi/c1-7-23-25(22)15(26(4,5)6)12-17(2,3)16(24-25)13-10-8-9-11-14(13)18(19,20)21/h8-12,16H,7H2,1-6H3/t16-,25?/m1/s1. The molecule has 1 unspecified atom stereocenters. The smallest absolute Gasteiger partial charge is 0.306 e. The maximum Gasteiger partial charge on any atom is 0.416 e. The van der Waals surface area contributed by atoms with Crippen molar-refractivity contribution >= 4 is 15.7 Å². The van der Waals surface area contributed by atoms with E-state index in [1.165, 1.54) is 18.2 Å². The van der Waals surface area contributed by atoms with Crippen molar-refractivity contribution in [2.75, 3.05) is 6.61 Å². The summed E-state index contributed by atoms with van der Waals surface area (Å²) in [5.41, 5.74) is -1.55. The maximum absolute atomic E-state index is 13.5. The van der Waals surface area contributed by atoms with Crippen LogP contribution in [-0.4, -0.2) is 14.7 Å². The average molecular weight is 406 g/mol. The fourth-order valence-corrected chi connectivity index (χ4v) is 9.43. The summed E-state index contributed by atoms with van der Waals surface area (Å²) in [7, 11) is -5.74. The Kier molecular flexibility index (Phi) is 5.71. The van der Waals surface area contributed by atoms with E-state index in [0.717, 1.165) is 6.07 Å². The fourth-order valence-electron chi connectivity index (χ4n) is 3.18. The van der Waals surface area contributed by atoms with Gasteiger partial charge in [0, 0.05) is 10.4 Å². The Morgan fingerprint density at radius 3 is 2.31 bits per heavy atom. The van der Waals surface area contributed by atoms with Crippen LogP contribution in [0.3, 0.4) is 0 Å². The molecule has 0 aromatic heterocycles. The van der Waals surface area contributed by atoms with E-state index in [-0.39, 0.29) is 12.2 Å². The molecule has 1 aliphatic rings. The van der Waals surface area contributed by atoms with Crippen LogP contribution in [0.4, 0.5) is 13.2 Å². The Morgan fingerprint density at radius 2 is 1.81 bits per heavy atom. The normalized spacial score (nSPS) is 26.5. The van der Waals surface area contributed by atoms with E-state index < -0.39 is 38.9 Å². The first kappa shape index (κ1) is 21.4. The highest BCUT2D eigenvalue weighted by atomic mass is 31.2. The zero-order valence-electron chi connectivity index (χ0n) is 16.0. The molecule has 1 aliphatic heterocycles. The van der Waals surface area contributed by atoms with Crippen LogP contribution in [0.25, 0.3) is 0 Å². The third kappa shape index (κ3) is 4.16. The van der Waals surface area contributed by atoms with Crippen LogP contribution < -0.4 is 0 Å². The number of halogens is 3. The summed E-state index contributed by atoms with van der Waals surface area (Å²) >= 11 is 0. The van der Waals surface area contributed by atoms with E-state index in [1.54, 1.807) is 20.8 Å². The third-order valence-corrected chi connectivity index (χ3v) is 10.7. The Labute approximate surface area is 154 Å². The lowest BCUT2D eigenvalue weighted by molar-refractivity contribution is -0.139. The second-order valence-electron chi connectivity index (χ2n) is 8.09. The summed E-state index contributed by atoms with van der Waals surface area (Å²) < 4.78 is 65.4. The van der Waals surface area contributed by atoms with E-state index in [1.807, 2.05) is 25.7 Å². The molecular weight excluding hydrogens is 380 g/mol. The second-order valence-corrected chi connectivity index (χ2v) is 15.5. The van der Waals surface area contributed by atoms with Crippen molar-refractivity contribution in [2.45, 2.75) is 52.7 Å². The van der Waals surface area contributed by atoms with Crippen LogP contribution in [0.1, 0.15) is 38.0 Å². The minimum Gasteiger partial charge on any atom is -0.306 e. The van der Waals surface area contributed by atoms with E-state index in [4.69, 9.17) is 9.05 Å². The number of hydrogen-bond donors (Lipinski definition) is 0. The van der Waals surface area contributed by atoms with Crippen LogP contribution >= 0.6 is 7.60 Å². The summed E-state index contributed by atoms with van der Waals surface area (Å²) in [6.07, 6.45) is -3.71. The van der Waals surface area contributed by atoms with Crippen LogP contribution in [0, 0.1) is 5.41 Å². The Bertz CT molecular complexity index is 751. The van der Waals surface area contributed by atoms with Crippen molar-refractivity contribution in [3.63, 3.8) is 0 Å². The Hall–Kier alpha value is -0.883. The monoisotopic (exact) mass is 406 g/mol. The zero-order valence-corrected chi connectivity index (χ0v) is 17.9. The highest BCUT2D eigenvalue weighted by Crippen LogP contribution is 2.68. The third-order valence-electron chi connectivity index (χ3n) is 4.34. The lowest BCUT2D eigenvalue weighted by Gasteiger charge is -2.43. The van der Waals surface area contributed by atoms with Gasteiger partial charge in [0.25, 0.3) is 0 Å². The highest BCUT2D eigenvalue weighted by molar-refractivity contribution is 7.62. The number of benzene rings is 1. The average Bonchev–Trinajstić information content (AvgIpc) is 2.48. The van der Waals surface area contributed by atoms with Gasteiger partial charge in [0.1, 0.15) is 6.10 Å². The SMILES string of the molecule is CCOP1(=O)O[C@H](c2ccccc2C(F)(F)F)C(C)(C)C=C1[Si](C)(C)C. The molecule has 2 rings (SSSR count). The quantitative estimate of drug-likeness (QED) is 0.408. The van der Waals surface area contributed by atoms with Gasteiger partial charge in [-0.15, -0.1) is 0 Å². The molecule has 0 saturated carbocycles. The van der Waals surface area contributed by atoms with E-state index in [2.05, 4.69) is 0 Å². The summed E-state index contributed by atoms with van der Waals surface area (Å²) in [5, 5.41) is 0. The minimum absolute atomic E-state index is 0.0178. The summed E-state index contributed by atoms with van der Waals surface area (Å²) in [6, 6.07) is 5.29. The summed E-state index contributed by atoms with van der Waals surface area (Å²) in [4.78, 5) is 0.637. The largest absolute Gasteiger partial charge is 0.416 e. The van der Waals surface area contributed by atoms with E-state index in [0.29, 0.717) is 4.94 Å². The van der Waals surface area contributed by atoms with Crippen LogP contribution in [0.5, 0.6) is 0 Å². The number of alkyl halides is 3. The van der Waals surface area contributed by atoms with Gasteiger partial charge in [-0.25, -0.2) is 0 Å². The molecule has 0 N–H and O–H groups in total. The summed E-state index contributed by atoms with van der Waals surface area (Å²) in [5.74, 6) is 0. The van der Waals surface area contributed by atoms with Gasteiger partial charge in [0.15, 0.2) is 0 Å². The molecule has 0 saturated heterocycles. The van der Waals surface area contributed by atoms with Crippen molar-refractivity contribution in [1.82, 2.24) is 0 Å². The maximum atomic E-state index is 13.5. The minimum atomic E-state index is -4.52. The predicted molar refractivity (Wildman–Crippen MR) is 99.7 cm³/mol. The molecule has 1 aromatic carbocycles. The van der Waals surface area contributed by atoms with Gasteiger partial charge in [-0.3, -0.25) is 9.09 Å². The van der Waals surface area contributed by atoms with Crippen molar-refractivity contribution in [3.05, 3.63) is 46.4 Å². The number of rotatable bonds is 4. The fraction of sp³-hybridized carbons (Fsp3) is 0.556. The molecule has 2 atom stereocenters. The molecule has 3 nitrogen and oxygen atoms in total. The second kappa shape index (κ2) is 6.93. The van der Waals surface area contributed by atoms with Gasteiger partial charge >= 0.3 is 13.8 Å². The molecule has 146 valence electrons. The molecule has 0 amide bonds. The van der Waals surface area contributed by atoms with Crippen molar-refractivity contribution in [2.24, 2.45) is 5.41 Å². The molecular formula is C18H26F3O3PSi. The lowest BCUT2D eigenvalue weighted by Crippen LogP contribution is -2.35. The molecule has 0 aliphatic carbocycles. The zero-order chi connectivity index (χ0) is 20.0. The number of hydrogen-bond acceptors (Lipinski definition) is 3. The van der Waals surface area contributed by atoms with Gasteiger partial charge < -0.3 is 4.52 Å². The first-order chi connectivity index (χ1) is 11.7. The Morgan fingerprint density at radius 1 is 1.23 bits per heavy atom. The highest BCUT2D eigenvalue weighted by Gasteiger charge is 2.50. The summed E-state index contributed by atoms with van der Waals surface area (Å²) in [6.45, 7) is 11.5. The Balaban J connectivity index is 2.67. The van der Waals surface area contributed by atoms with Crippen molar-refractivity contribution in [1.29, 1.82) is 0 Å². The van der Waals surface area contributed by atoms with Crippen LogP contribution in [-0.2, 0) is 19.8 Å². The molecule has 0 fully saturated rings. The molecule has 26 heavy (non-hydrogen) atoms. The predicted octanol–water partition coefficient (Wildman–Crippen LogP) is 6.79. The van der Waals surface area contributed by atoms with Gasteiger partial charge in [-0.1, -0.05) is 57.8 Å². The topological polar surface area (TPSA) is 35.5 Å². The first-order valence-corrected chi connectivity index (χ1v) is 13.6. The molecule has 1 heterocycles. The molecule has 8 heteroatoms.